The molecular formula is C12H16F3N3O. The molecule has 1 amide bonds. The zero-order valence-electron chi connectivity index (χ0n) is 10.5. The van der Waals surface area contributed by atoms with E-state index in [0.29, 0.717) is 12.4 Å². The Balaban J connectivity index is 2.43. The number of hydrogen-bond donors (Lipinski definition) is 2. The van der Waals surface area contributed by atoms with Crippen LogP contribution in [0.4, 0.5) is 19.0 Å². The molecule has 4 nitrogen and oxygen atoms in total. The first-order chi connectivity index (χ1) is 8.92. The number of anilines is 1. The normalized spacial score (nSPS) is 11.2. The van der Waals surface area contributed by atoms with Crippen LogP contribution in [0.5, 0.6) is 0 Å². The molecule has 106 valence electrons. The Bertz CT molecular complexity index is 421. The molecule has 0 aromatic carbocycles. The summed E-state index contributed by atoms with van der Waals surface area (Å²) in [6, 6.07) is 4.89. The first-order valence-electron chi connectivity index (χ1n) is 5.98. The maximum absolute atomic E-state index is 11.9. The second-order valence-electron chi connectivity index (χ2n) is 3.91. The van der Waals surface area contributed by atoms with Gasteiger partial charge in [-0.3, -0.25) is 4.79 Å². The zero-order valence-corrected chi connectivity index (χ0v) is 10.5. The predicted molar refractivity (Wildman–Crippen MR) is 66.0 cm³/mol. The molecule has 0 bridgehead atoms. The Morgan fingerprint density at radius 2 is 2.11 bits per heavy atom. The van der Waals surface area contributed by atoms with E-state index in [1.807, 2.05) is 6.92 Å². The molecule has 0 radical (unpaired) electrons. The van der Waals surface area contributed by atoms with Gasteiger partial charge in [-0.1, -0.05) is 6.07 Å². The minimum Gasteiger partial charge on any atom is -0.370 e. The Hall–Kier alpha value is -1.79. The van der Waals surface area contributed by atoms with Gasteiger partial charge in [-0.05, 0) is 25.5 Å². The molecule has 0 fully saturated rings. The number of pyridine rings is 1. The van der Waals surface area contributed by atoms with Crippen molar-refractivity contribution in [3.8, 4) is 0 Å². The molecule has 0 aliphatic rings. The molecule has 2 N–H and O–H groups in total. The quantitative estimate of drug-likeness (QED) is 0.785. The molecule has 1 aromatic rings. The number of aromatic nitrogens is 1. The molecule has 7 heteroatoms. The van der Waals surface area contributed by atoms with Crippen molar-refractivity contribution in [1.82, 2.24) is 10.3 Å². The van der Waals surface area contributed by atoms with Crippen LogP contribution in [0.2, 0.25) is 0 Å². The summed E-state index contributed by atoms with van der Waals surface area (Å²) in [5.74, 6) is 0.0902. The van der Waals surface area contributed by atoms with Crippen molar-refractivity contribution in [2.75, 3.05) is 18.4 Å². The van der Waals surface area contributed by atoms with E-state index in [4.69, 9.17) is 0 Å². The van der Waals surface area contributed by atoms with Gasteiger partial charge in [0.2, 0.25) is 0 Å². The van der Waals surface area contributed by atoms with E-state index in [2.05, 4.69) is 15.6 Å². The average molecular weight is 275 g/mol. The summed E-state index contributed by atoms with van der Waals surface area (Å²) >= 11 is 0. The fourth-order valence-corrected chi connectivity index (χ4v) is 1.42. The predicted octanol–water partition coefficient (Wildman–Crippen LogP) is 2.59. The van der Waals surface area contributed by atoms with Crippen molar-refractivity contribution < 1.29 is 18.0 Å². The van der Waals surface area contributed by atoms with Crippen LogP contribution in [0, 0.1) is 0 Å². The van der Waals surface area contributed by atoms with Crippen LogP contribution in [0.25, 0.3) is 0 Å². The highest BCUT2D eigenvalue weighted by molar-refractivity contribution is 5.92. The molecule has 0 saturated carbocycles. The molecule has 0 aliphatic heterocycles. The lowest BCUT2D eigenvalue weighted by Crippen LogP contribution is -2.26. The fourth-order valence-electron chi connectivity index (χ4n) is 1.42. The number of carbonyl (C=O) groups is 1. The number of nitrogens with zero attached hydrogens (tertiary/aromatic N) is 1. The Morgan fingerprint density at radius 1 is 1.37 bits per heavy atom. The van der Waals surface area contributed by atoms with Crippen molar-refractivity contribution in [2.45, 2.75) is 25.9 Å². The lowest BCUT2D eigenvalue weighted by Gasteiger charge is -2.08. The number of amides is 1. The summed E-state index contributed by atoms with van der Waals surface area (Å²) in [5.41, 5.74) is 0.186. The minimum absolute atomic E-state index is 0.0224. The van der Waals surface area contributed by atoms with E-state index in [-0.39, 0.29) is 18.7 Å². The van der Waals surface area contributed by atoms with Crippen LogP contribution in [-0.2, 0) is 0 Å². The van der Waals surface area contributed by atoms with Crippen LogP contribution < -0.4 is 10.6 Å². The van der Waals surface area contributed by atoms with Crippen molar-refractivity contribution in [3.05, 3.63) is 23.9 Å². The number of rotatable bonds is 6. The van der Waals surface area contributed by atoms with E-state index in [1.165, 1.54) is 6.07 Å². The van der Waals surface area contributed by atoms with Gasteiger partial charge in [0.1, 0.15) is 11.5 Å². The van der Waals surface area contributed by atoms with Crippen LogP contribution in [0.3, 0.4) is 0 Å². The largest absolute Gasteiger partial charge is 0.389 e. The third kappa shape index (κ3) is 6.08. The lowest BCUT2D eigenvalue weighted by molar-refractivity contribution is -0.135. The monoisotopic (exact) mass is 275 g/mol. The second kappa shape index (κ2) is 6.96. The van der Waals surface area contributed by atoms with Crippen LogP contribution in [0.1, 0.15) is 30.3 Å². The summed E-state index contributed by atoms with van der Waals surface area (Å²) in [5, 5.41) is 5.36. The molecule has 19 heavy (non-hydrogen) atoms. The van der Waals surface area contributed by atoms with Gasteiger partial charge in [0.05, 0.1) is 0 Å². The standard InChI is InChI=1S/C12H16F3N3O/c1-2-16-10-6-3-5-9(18-10)11(19)17-8-4-7-12(13,14)15/h3,5-6H,2,4,7-8H2,1H3,(H,16,18)(H,17,19). The average Bonchev–Trinajstić information content (AvgIpc) is 2.34. The van der Waals surface area contributed by atoms with E-state index in [1.54, 1.807) is 12.1 Å². The second-order valence-corrected chi connectivity index (χ2v) is 3.91. The molecule has 0 spiro atoms. The van der Waals surface area contributed by atoms with E-state index < -0.39 is 18.5 Å². The van der Waals surface area contributed by atoms with Gasteiger partial charge in [0.25, 0.3) is 5.91 Å². The summed E-state index contributed by atoms with van der Waals surface area (Å²) in [4.78, 5) is 15.7. The fraction of sp³-hybridized carbons (Fsp3) is 0.500. The van der Waals surface area contributed by atoms with Gasteiger partial charge < -0.3 is 10.6 Å². The molecular weight excluding hydrogens is 259 g/mol. The van der Waals surface area contributed by atoms with Crippen LogP contribution in [0.15, 0.2) is 18.2 Å². The molecule has 0 aliphatic carbocycles. The Morgan fingerprint density at radius 3 is 2.74 bits per heavy atom. The SMILES string of the molecule is CCNc1cccc(C(=O)NCCCC(F)(F)F)n1. The molecule has 1 heterocycles. The summed E-state index contributed by atoms with van der Waals surface area (Å²) in [7, 11) is 0. The Labute approximate surface area is 109 Å². The highest BCUT2D eigenvalue weighted by Gasteiger charge is 2.26. The smallest absolute Gasteiger partial charge is 0.370 e. The Kier molecular flexibility index (Phi) is 5.59. The molecule has 1 rings (SSSR count). The van der Waals surface area contributed by atoms with Gasteiger partial charge in [-0.25, -0.2) is 4.98 Å². The summed E-state index contributed by atoms with van der Waals surface area (Å²) < 4.78 is 35.7. The number of halogens is 3. The maximum atomic E-state index is 11.9. The highest BCUT2D eigenvalue weighted by Crippen LogP contribution is 2.20. The van der Waals surface area contributed by atoms with Crippen molar-refractivity contribution in [3.63, 3.8) is 0 Å². The third-order valence-corrected chi connectivity index (χ3v) is 2.26. The van der Waals surface area contributed by atoms with E-state index in [9.17, 15) is 18.0 Å². The molecule has 0 saturated heterocycles. The number of alkyl halides is 3. The van der Waals surface area contributed by atoms with Gasteiger partial charge in [0, 0.05) is 19.5 Å². The van der Waals surface area contributed by atoms with E-state index >= 15 is 0 Å². The first-order valence-corrected chi connectivity index (χ1v) is 5.98. The van der Waals surface area contributed by atoms with Crippen LogP contribution in [-0.4, -0.2) is 30.2 Å². The summed E-state index contributed by atoms with van der Waals surface area (Å²) in [6.45, 7) is 2.54. The molecule has 1 aromatic heterocycles. The summed E-state index contributed by atoms with van der Waals surface area (Å²) in [6.07, 6.45) is -5.23. The van der Waals surface area contributed by atoms with Crippen molar-refractivity contribution >= 4 is 11.7 Å². The van der Waals surface area contributed by atoms with Crippen molar-refractivity contribution in [1.29, 1.82) is 0 Å². The van der Waals surface area contributed by atoms with Gasteiger partial charge in [-0.2, -0.15) is 13.2 Å². The number of carbonyl (C=O) groups excluding carboxylic acids is 1. The zero-order chi connectivity index (χ0) is 14.3. The van der Waals surface area contributed by atoms with E-state index in [0.717, 1.165) is 0 Å². The lowest BCUT2D eigenvalue weighted by atomic mass is 10.3. The van der Waals surface area contributed by atoms with Crippen molar-refractivity contribution in [2.24, 2.45) is 0 Å². The first kappa shape index (κ1) is 15.3. The number of nitrogens with one attached hydrogen (secondary N) is 2. The topological polar surface area (TPSA) is 54.0 Å². The highest BCUT2D eigenvalue weighted by atomic mass is 19.4. The molecule has 0 atom stereocenters. The van der Waals surface area contributed by atoms with Gasteiger partial charge in [0.15, 0.2) is 0 Å². The van der Waals surface area contributed by atoms with Gasteiger partial charge >= 0.3 is 6.18 Å². The van der Waals surface area contributed by atoms with Gasteiger partial charge in [-0.15, -0.1) is 0 Å². The molecule has 0 unspecified atom stereocenters. The minimum atomic E-state index is -4.19. The maximum Gasteiger partial charge on any atom is 0.389 e. The third-order valence-electron chi connectivity index (χ3n) is 2.26. The number of hydrogen-bond acceptors (Lipinski definition) is 3. The van der Waals surface area contributed by atoms with Crippen LogP contribution >= 0.6 is 0 Å².